The van der Waals surface area contributed by atoms with Gasteiger partial charge in [0.1, 0.15) is 0 Å². The van der Waals surface area contributed by atoms with Gasteiger partial charge in [-0.25, -0.2) is 0 Å². The number of likely N-dealkylation sites (N-methyl/N-ethyl adjacent to an activating group) is 1. The van der Waals surface area contributed by atoms with Crippen molar-refractivity contribution < 1.29 is 0 Å². The fraction of sp³-hybridized carbons (Fsp3) is 0.667. The smallest absolute Gasteiger partial charge is 0.0237 e. The van der Waals surface area contributed by atoms with Gasteiger partial charge in [0.15, 0.2) is 0 Å². The van der Waals surface area contributed by atoms with Crippen LogP contribution in [0.3, 0.4) is 0 Å². The van der Waals surface area contributed by atoms with E-state index >= 15 is 0 Å². The van der Waals surface area contributed by atoms with E-state index in [0.29, 0.717) is 0 Å². The maximum Gasteiger partial charge on any atom is 0.0237 e. The van der Waals surface area contributed by atoms with E-state index in [1.165, 1.54) is 0 Å². The van der Waals surface area contributed by atoms with Gasteiger partial charge >= 0.3 is 0 Å². The molecule has 0 aliphatic carbocycles. The Labute approximate surface area is 64.0 Å². The largest absolute Gasteiger partial charge is 0.300 e. The molecule has 0 N–H and O–H groups in total. The van der Waals surface area contributed by atoms with Crippen LogP contribution in [0, 0.1) is 0 Å². The Bertz CT molecular complexity index is 117. The molecule has 0 rings (SSSR count). The molecule has 0 fully saturated rings. The normalized spacial score (nSPS) is 9.20. The van der Waals surface area contributed by atoms with Crippen molar-refractivity contribution in [3.05, 3.63) is 17.9 Å². The third-order valence-electron chi connectivity index (χ3n) is 1.53. The van der Waals surface area contributed by atoms with Crippen LogP contribution in [0.1, 0.15) is 20.8 Å². The van der Waals surface area contributed by atoms with Gasteiger partial charge in [0, 0.05) is 6.54 Å². The topological polar surface area (TPSA) is 3.24 Å². The first-order valence-corrected chi connectivity index (χ1v) is 3.93. The summed E-state index contributed by atoms with van der Waals surface area (Å²) in [5.41, 5.74) is 3.06. The molecular weight excluding hydrogens is 122 g/mol. The first kappa shape index (κ1) is 9.48. The van der Waals surface area contributed by atoms with Crippen LogP contribution in [0.25, 0.3) is 0 Å². The number of nitrogens with zero attached hydrogens (tertiary/aromatic N) is 1. The van der Waals surface area contributed by atoms with E-state index in [9.17, 15) is 0 Å². The third kappa shape index (κ3) is 4.37. The van der Waals surface area contributed by atoms with Crippen LogP contribution in [0.15, 0.2) is 17.9 Å². The fourth-order valence-electron chi connectivity index (χ4n) is 0.781. The van der Waals surface area contributed by atoms with Crippen molar-refractivity contribution in [1.82, 2.24) is 4.90 Å². The Morgan fingerprint density at radius 3 is 2.30 bits per heavy atom. The summed E-state index contributed by atoms with van der Waals surface area (Å²) in [5.74, 6) is 0. The Morgan fingerprint density at radius 2 is 1.90 bits per heavy atom. The Kier molecular flexibility index (Phi) is 6.25. The number of hydrogen-bond acceptors (Lipinski definition) is 1. The van der Waals surface area contributed by atoms with Crippen molar-refractivity contribution >= 4 is 0 Å². The molecule has 0 unspecified atom stereocenters. The van der Waals surface area contributed by atoms with Crippen molar-refractivity contribution in [2.45, 2.75) is 20.8 Å². The summed E-state index contributed by atoms with van der Waals surface area (Å²) in [7, 11) is 0. The van der Waals surface area contributed by atoms with Crippen LogP contribution < -0.4 is 0 Å². The molecule has 0 aromatic carbocycles. The quantitative estimate of drug-likeness (QED) is 0.539. The predicted octanol–water partition coefficient (Wildman–Crippen LogP) is 2.06. The summed E-state index contributed by atoms with van der Waals surface area (Å²) in [4.78, 5) is 2.34. The summed E-state index contributed by atoms with van der Waals surface area (Å²) in [6.07, 6.45) is 4.00. The molecule has 0 saturated heterocycles. The second kappa shape index (κ2) is 6.60. The van der Waals surface area contributed by atoms with Crippen LogP contribution in [0.4, 0.5) is 0 Å². The molecule has 0 aliphatic heterocycles. The zero-order valence-electron chi connectivity index (χ0n) is 7.22. The lowest BCUT2D eigenvalue weighted by molar-refractivity contribution is 0.337. The maximum absolute atomic E-state index is 3.06. The molecular formula is C9H17N. The van der Waals surface area contributed by atoms with Gasteiger partial charge in [0.2, 0.25) is 0 Å². The van der Waals surface area contributed by atoms with Gasteiger partial charge in [-0.15, -0.1) is 5.73 Å². The fourth-order valence-corrected chi connectivity index (χ4v) is 0.781. The van der Waals surface area contributed by atoms with Crippen LogP contribution in [0.5, 0.6) is 0 Å². The molecule has 0 heterocycles. The SMILES string of the molecule is CC=C=CCN(CC)CC. The van der Waals surface area contributed by atoms with E-state index in [1.807, 2.05) is 13.0 Å². The minimum absolute atomic E-state index is 1.03. The molecule has 0 aromatic rings. The Hall–Kier alpha value is -0.520. The van der Waals surface area contributed by atoms with Gasteiger partial charge in [-0.1, -0.05) is 13.8 Å². The van der Waals surface area contributed by atoms with E-state index in [-0.39, 0.29) is 0 Å². The zero-order chi connectivity index (χ0) is 7.82. The minimum atomic E-state index is 1.03. The van der Waals surface area contributed by atoms with Gasteiger partial charge in [0.25, 0.3) is 0 Å². The predicted molar refractivity (Wildman–Crippen MR) is 46.1 cm³/mol. The first-order valence-electron chi connectivity index (χ1n) is 3.93. The Balaban J connectivity index is 3.53. The highest BCUT2D eigenvalue weighted by molar-refractivity contribution is 4.84. The molecule has 0 amide bonds. The van der Waals surface area contributed by atoms with Crippen LogP contribution in [0.2, 0.25) is 0 Å². The standard InChI is InChI=1S/C9H17N/c1-4-7-8-9-10(5-2)6-3/h4,8H,5-6,9H2,1-3H3. The second-order valence-corrected chi connectivity index (χ2v) is 2.15. The highest BCUT2D eigenvalue weighted by atomic mass is 15.1. The second-order valence-electron chi connectivity index (χ2n) is 2.15. The van der Waals surface area contributed by atoms with Crippen molar-refractivity contribution in [3.8, 4) is 0 Å². The molecule has 0 atom stereocenters. The molecule has 58 valence electrons. The monoisotopic (exact) mass is 139 g/mol. The van der Waals surface area contributed by atoms with Gasteiger partial charge in [0.05, 0.1) is 0 Å². The average molecular weight is 139 g/mol. The van der Waals surface area contributed by atoms with Crippen LogP contribution in [-0.4, -0.2) is 24.5 Å². The summed E-state index contributed by atoms with van der Waals surface area (Å²) < 4.78 is 0. The van der Waals surface area contributed by atoms with E-state index in [1.54, 1.807) is 0 Å². The third-order valence-corrected chi connectivity index (χ3v) is 1.53. The number of hydrogen-bond donors (Lipinski definition) is 0. The minimum Gasteiger partial charge on any atom is -0.300 e. The van der Waals surface area contributed by atoms with Crippen molar-refractivity contribution in [1.29, 1.82) is 0 Å². The molecule has 0 radical (unpaired) electrons. The molecule has 0 spiro atoms. The van der Waals surface area contributed by atoms with E-state index in [4.69, 9.17) is 0 Å². The van der Waals surface area contributed by atoms with Gasteiger partial charge in [-0.05, 0) is 32.2 Å². The zero-order valence-corrected chi connectivity index (χ0v) is 7.22. The molecule has 0 aliphatic rings. The molecule has 0 aromatic heterocycles. The van der Waals surface area contributed by atoms with Crippen molar-refractivity contribution in [3.63, 3.8) is 0 Å². The number of rotatable bonds is 4. The Morgan fingerprint density at radius 1 is 1.30 bits per heavy atom. The lowest BCUT2D eigenvalue weighted by Gasteiger charge is -2.13. The molecule has 0 bridgehead atoms. The van der Waals surface area contributed by atoms with Crippen molar-refractivity contribution in [2.24, 2.45) is 0 Å². The van der Waals surface area contributed by atoms with Crippen LogP contribution in [-0.2, 0) is 0 Å². The average Bonchev–Trinajstić information content (AvgIpc) is 1.99. The summed E-state index contributed by atoms with van der Waals surface area (Å²) in [6, 6.07) is 0. The summed E-state index contributed by atoms with van der Waals surface area (Å²) in [6.45, 7) is 9.60. The van der Waals surface area contributed by atoms with Crippen LogP contribution >= 0.6 is 0 Å². The van der Waals surface area contributed by atoms with Gasteiger partial charge < -0.3 is 0 Å². The van der Waals surface area contributed by atoms with E-state index in [2.05, 4.69) is 30.6 Å². The molecule has 1 heteroatoms. The molecule has 0 saturated carbocycles. The summed E-state index contributed by atoms with van der Waals surface area (Å²) >= 11 is 0. The van der Waals surface area contributed by atoms with E-state index in [0.717, 1.165) is 19.6 Å². The maximum atomic E-state index is 3.06. The first-order chi connectivity index (χ1) is 4.85. The van der Waals surface area contributed by atoms with Crippen molar-refractivity contribution in [2.75, 3.05) is 19.6 Å². The highest BCUT2D eigenvalue weighted by Gasteiger charge is 1.91. The van der Waals surface area contributed by atoms with E-state index < -0.39 is 0 Å². The lowest BCUT2D eigenvalue weighted by atomic mass is 10.4. The molecule has 1 nitrogen and oxygen atoms in total. The lowest BCUT2D eigenvalue weighted by Crippen LogP contribution is -2.22. The summed E-state index contributed by atoms with van der Waals surface area (Å²) in [5, 5.41) is 0. The molecule has 10 heavy (non-hydrogen) atoms. The highest BCUT2D eigenvalue weighted by Crippen LogP contribution is 1.85. The van der Waals surface area contributed by atoms with Gasteiger partial charge in [-0.2, -0.15) is 0 Å². The van der Waals surface area contributed by atoms with Gasteiger partial charge in [-0.3, -0.25) is 4.90 Å².